The van der Waals surface area contributed by atoms with E-state index in [1.165, 1.54) is 0 Å². The highest BCUT2D eigenvalue weighted by molar-refractivity contribution is 6.02. The second-order valence-electron chi connectivity index (χ2n) is 5.87. The molecule has 0 bridgehead atoms. The van der Waals surface area contributed by atoms with Crippen LogP contribution in [0.4, 0.5) is 0 Å². The Hall–Kier alpha value is -3.86. The van der Waals surface area contributed by atoms with E-state index in [0.717, 1.165) is 24.3 Å². The minimum atomic E-state index is -1.39. The fourth-order valence-electron chi connectivity index (χ4n) is 1.96. The fourth-order valence-corrected chi connectivity index (χ4v) is 1.96. The van der Waals surface area contributed by atoms with Gasteiger partial charge in [-0.3, -0.25) is 9.59 Å². The molecule has 0 amide bonds. The van der Waals surface area contributed by atoms with Crippen molar-refractivity contribution in [3.8, 4) is 0 Å². The fraction of sp³-hybridized carbons (Fsp3) is 0.300. The maximum atomic E-state index is 11.9. The Morgan fingerprint density at radius 3 is 1.87 bits per heavy atom. The molecule has 0 atom stereocenters. The molecule has 0 aliphatic rings. The monoisotopic (exact) mass is 436 g/mol. The molecule has 0 radical (unpaired) electrons. The van der Waals surface area contributed by atoms with Crippen LogP contribution in [-0.4, -0.2) is 59.2 Å². The molecule has 0 saturated heterocycles. The minimum absolute atomic E-state index is 0.0174. The zero-order valence-electron chi connectivity index (χ0n) is 16.3. The van der Waals surface area contributed by atoms with Gasteiger partial charge in [0.15, 0.2) is 0 Å². The van der Waals surface area contributed by atoms with Crippen molar-refractivity contribution < 1.29 is 53.2 Å². The number of carboxylic acid groups (broad SMARTS) is 1. The summed E-state index contributed by atoms with van der Waals surface area (Å²) in [7, 11) is 0. The van der Waals surface area contributed by atoms with Crippen molar-refractivity contribution in [2.45, 2.75) is 25.7 Å². The van der Waals surface area contributed by atoms with E-state index in [0.29, 0.717) is 25.0 Å². The van der Waals surface area contributed by atoms with E-state index in [4.69, 9.17) is 14.9 Å². The number of aliphatic hydroxyl groups excluding tert-OH is 1. The number of carbonyl (C=O) groups is 6. The summed E-state index contributed by atoms with van der Waals surface area (Å²) in [5, 5.41) is 17.0. The summed E-state index contributed by atoms with van der Waals surface area (Å²) in [6.07, 6.45) is 1.38. The van der Waals surface area contributed by atoms with Crippen molar-refractivity contribution in [1.29, 1.82) is 0 Å². The van der Waals surface area contributed by atoms with Crippen molar-refractivity contribution in [3.63, 3.8) is 0 Å². The molecule has 31 heavy (non-hydrogen) atoms. The lowest BCUT2D eigenvalue weighted by molar-refractivity contribution is -0.148. The summed E-state index contributed by atoms with van der Waals surface area (Å²) in [5.41, 5.74) is -0.183. The maximum Gasteiger partial charge on any atom is 0.346 e. The van der Waals surface area contributed by atoms with Gasteiger partial charge >= 0.3 is 35.8 Å². The summed E-state index contributed by atoms with van der Waals surface area (Å²) in [6.45, 7) is 0.0972. The molecule has 0 aliphatic carbocycles. The standard InChI is InChI=1S/C20H20O11/c21-11-1-2-12-29-16(24)9-10-18(26)31-20(28)14-5-3-13(4-6-14)19(27)30-17(25)8-7-15(22)23/h3-8,21H,1-2,9-12H2,(H,22,23)/b8-7-. The third-order valence-corrected chi connectivity index (χ3v) is 3.47. The van der Waals surface area contributed by atoms with Crippen LogP contribution in [0.2, 0.25) is 0 Å². The number of aliphatic carboxylic acids is 1. The minimum Gasteiger partial charge on any atom is -0.478 e. The Bertz CT molecular complexity index is 852. The van der Waals surface area contributed by atoms with E-state index in [1.807, 2.05) is 0 Å². The predicted octanol–water partition coefficient (Wildman–Crippen LogP) is 0.790. The van der Waals surface area contributed by atoms with Crippen molar-refractivity contribution in [3.05, 3.63) is 47.5 Å². The Labute approximate surface area is 176 Å². The molecule has 11 nitrogen and oxygen atoms in total. The number of aliphatic hydroxyl groups is 1. The second kappa shape index (κ2) is 13.4. The smallest absolute Gasteiger partial charge is 0.346 e. The van der Waals surface area contributed by atoms with E-state index < -0.39 is 35.8 Å². The van der Waals surface area contributed by atoms with Crippen molar-refractivity contribution >= 4 is 35.8 Å². The zero-order chi connectivity index (χ0) is 23.2. The van der Waals surface area contributed by atoms with Crippen LogP contribution in [0, 0.1) is 0 Å². The van der Waals surface area contributed by atoms with Gasteiger partial charge in [-0.1, -0.05) is 0 Å². The van der Waals surface area contributed by atoms with E-state index in [1.54, 1.807) is 0 Å². The molecule has 166 valence electrons. The molecule has 1 rings (SSSR count). The van der Waals surface area contributed by atoms with Crippen LogP contribution < -0.4 is 0 Å². The second-order valence-corrected chi connectivity index (χ2v) is 5.87. The number of ether oxygens (including phenoxy) is 3. The van der Waals surface area contributed by atoms with E-state index >= 15 is 0 Å². The molecule has 0 spiro atoms. The summed E-state index contributed by atoms with van der Waals surface area (Å²) in [5.74, 6) is -6.25. The molecule has 0 unspecified atom stereocenters. The van der Waals surface area contributed by atoms with E-state index in [9.17, 15) is 28.8 Å². The number of hydrogen-bond donors (Lipinski definition) is 2. The average molecular weight is 436 g/mol. The molecule has 0 fully saturated rings. The van der Waals surface area contributed by atoms with Gasteiger partial charge in [0, 0.05) is 18.8 Å². The number of hydrogen-bond acceptors (Lipinski definition) is 10. The van der Waals surface area contributed by atoms with Crippen LogP contribution in [-0.2, 0) is 33.4 Å². The third-order valence-electron chi connectivity index (χ3n) is 3.47. The number of benzene rings is 1. The Morgan fingerprint density at radius 2 is 1.32 bits per heavy atom. The predicted molar refractivity (Wildman–Crippen MR) is 101 cm³/mol. The first-order valence-electron chi connectivity index (χ1n) is 9.01. The average Bonchev–Trinajstić information content (AvgIpc) is 2.74. The normalized spacial score (nSPS) is 10.4. The molecule has 1 aromatic rings. The summed E-state index contributed by atoms with van der Waals surface area (Å²) in [4.78, 5) is 68.4. The quantitative estimate of drug-likeness (QED) is 0.165. The highest BCUT2D eigenvalue weighted by Crippen LogP contribution is 2.09. The van der Waals surface area contributed by atoms with Gasteiger partial charge < -0.3 is 24.4 Å². The van der Waals surface area contributed by atoms with Crippen molar-refractivity contribution in [2.24, 2.45) is 0 Å². The number of carboxylic acids is 1. The molecule has 0 heterocycles. The van der Waals surface area contributed by atoms with Crippen LogP contribution in [0.5, 0.6) is 0 Å². The summed E-state index contributed by atoms with van der Waals surface area (Å²) in [6, 6.07) is 4.58. The van der Waals surface area contributed by atoms with Crippen LogP contribution in [0.1, 0.15) is 46.4 Å². The highest BCUT2D eigenvalue weighted by Gasteiger charge is 2.17. The van der Waals surface area contributed by atoms with Gasteiger partial charge in [0.2, 0.25) is 0 Å². The Kier molecular flexibility index (Phi) is 10.9. The van der Waals surface area contributed by atoms with Crippen LogP contribution in [0.15, 0.2) is 36.4 Å². The maximum absolute atomic E-state index is 11.9. The first-order chi connectivity index (χ1) is 14.7. The van der Waals surface area contributed by atoms with Gasteiger partial charge in [0.25, 0.3) is 0 Å². The number of unbranched alkanes of at least 4 members (excludes halogenated alkanes) is 1. The zero-order valence-corrected chi connectivity index (χ0v) is 16.3. The Morgan fingerprint density at radius 1 is 0.774 bits per heavy atom. The van der Waals surface area contributed by atoms with Gasteiger partial charge in [-0.2, -0.15) is 0 Å². The van der Waals surface area contributed by atoms with Crippen LogP contribution in [0.25, 0.3) is 0 Å². The summed E-state index contributed by atoms with van der Waals surface area (Å²) < 4.78 is 13.8. The third kappa shape index (κ3) is 10.5. The first-order valence-corrected chi connectivity index (χ1v) is 9.01. The van der Waals surface area contributed by atoms with E-state index in [2.05, 4.69) is 9.47 Å². The van der Waals surface area contributed by atoms with Crippen LogP contribution >= 0.6 is 0 Å². The van der Waals surface area contributed by atoms with Crippen molar-refractivity contribution in [2.75, 3.05) is 13.2 Å². The van der Waals surface area contributed by atoms with Gasteiger partial charge in [-0.25, -0.2) is 19.2 Å². The molecular formula is C20H20O11. The molecule has 11 heteroatoms. The first kappa shape index (κ1) is 25.2. The molecule has 2 N–H and O–H groups in total. The largest absolute Gasteiger partial charge is 0.478 e. The highest BCUT2D eigenvalue weighted by atomic mass is 16.6. The number of esters is 5. The molecule has 0 aliphatic heterocycles. The lowest BCUT2D eigenvalue weighted by Gasteiger charge is -2.05. The lowest BCUT2D eigenvalue weighted by Crippen LogP contribution is -2.15. The van der Waals surface area contributed by atoms with E-state index in [-0.39, 0.29) is 37.2 Å². The SMILES string of the molecule is O=C(O)/C=C\C(=O)OC(=O)c1ccc(C(=O)OC(=O)CCC(=O)OCCCCO)cc1. The van der Waals surface area contributed by atoms with Gasteiger partial charge in [0.1, 0.15) is 0 Å². The number of rotatable bonds is 11. The Balaban J connectivity index is 2.48. The van der Waals surface area contributed by atoms with Gasteiger partial charge in [0.05, 0.1) is 30.6 Å². The molecule has 1 aromatic carbocycles. The molecule has 0 saturated carbocycles. The lowest BCUT2D eigenvalue weighted by atomic mass is 10.1. The topological polar surface area (TPSA) is 171 Å². The molecule has 0 aromatic heterocycles. The molecular weight excluding hydrogens is 416 g/mol. The van der Waals surface area contributed by atoms with Gasteiger partial charge in [-0.15, -0.1) is 0 Å². The summed E-state index contributed by atoms with van der Waals surface area (Å²) >= 11 is 0. The number of carbonyl (C=O) groups excluding carboxylic acids is 5. The van der Waals surface area contributed by atoms with Crippen molar-refractivity contribution in [1.82, 2.24) is 0 Å². The van der Waals surface area contributed by atoms with Crippen LogP contribution in [0.3, 0.4) is 0 Å². The van der Waals surface area contributed by atoms with Gasteiger partial charge in [-0.05, 0) is 37.1 Å².